The Morgan fingerprint density at radius 1 is 1.00 bits per heavy atom. The summed E-state index contributed by atoms with van der Waals surface area (Å²) < 4.78 is 0. The lowest BCUT2D eigenvalue weighted by Gasteiger charge is -1.98. The molecule has 0 saturated carbocycles. The molecule has 0 aliphatic carbocycles. The van der Waals surface area contributed by atoms with Crippen LogP contribution in [0.4, 0.5) is 0 Å². The molecule has 0 aliphatic heterocycles. The number of hydrogen-bond acceptors (Lipinski definition) is 2. The Kier molecular flexibility index (Phi) is 13.9. The van der Waals surface area contributed by atoms with Crippen molar-refractivity contribution in [2.75, 3.05) is 0 Å². The zero-order valence-corrected chi connectivity index (χ0v) is 14.6. The standard InChI is InChI=1S/C20H30O3/c1-3-4-5-6-7-8-9-10-13-16-19(21)18(2)15-12-11-14-17-20(22)23/h10,13,15H,3-9,11-12,16H2,1-2H3,(H,22,23). The fourth-order valence-corrected chi connectivity index (χ4v) is 2.12. The van der Waals surface area contributed by atoms with Crippen molar-refractivity contribution < 1.29 is 14.7 Å². The maximum absolute atomic E-state index is 11.9. The number of unbranched alkanes of at least 4 members (excludes halogenated alkanes) is 7. The normalized spacial score (nSPS) is 11.3. The first-order valence-electron chi connectivity index (χ1n) is 8.64. The highest BCUT2D eigenvalue weighted by Crippen LogP contribution is 2.08. The van der Waals surface area contributed by atoms with Gasteiger partial charge in [0.25, 0.3) is 0 Å². The first kappa shape index (κ1) is 21.2. The van der Waals surface area contributed by atoms with Crippen molar-refractivity contribution in [1.82, 2.24) is 0 Å². The van der Waals surface area contributed by atoms with Crippen LogP contribution in [0.15, 0.2) is 23.8 Å². The van der Waals surface area contributed by atoms with Gasteiger partial charge in [-0.2, -0.15) is 0 Å². The average molecular weight is 318 g/mol. The van der Waals surface area contributed by atoms with E-state index in [1.165, 1.54) is 38.5 Å². The zero-order chi connectivity index (χ0) is 17.3. The molecule has 128 valence electrons. The summed E-state index contributed by atoms with van der Waals surface area (Å²) in [7, 11) is 0. The molecule has 0 aromatic rings. The van der Waals surface area contributed by atoms with E-state index in [-0.39, 0.29) is 5.78 Å². The van der Waals surface area contributed by atoms with Crippen molar-refractivity contribution in [2.45, 2.75) is 78.1 Å². The summed E-state index contributed by atoms with van der Waals surface area (Å²) in [4.78, 5) is 22.1. The number of carboxylic acids is 1. The van der Waals surface area contributed by atoms with Crippen molar-refractivity contribution in [2.24, 2.45) is 0 Å². The van der Waals surface area contributed by atoms with Gasteiger partial charge in [-0.05, 0) is 31.8 Å². The van der Waals surface area contributed by atoms with Crippen molar-refractivity contribution >= 4 is 11.8 Å². The Balaban J connectivity index is 3.76. The molecule has 23 heavy (non-hydrogen) atoms. The largest absolute Gasteiger partial charge is 0.472 e. The lowest BCUT2D eigenvalue weighted by Crippen LogP contribution is -1.97. The van der Waals surface area contributed by atoms with E-state index in [9.17, 15) is 9.59 Å². The molecule has 0 aromatic carbocycles. The number of carboxylic acid groups (broad SMARTS) is 1. The molecule has 0 aliphatic rings. The molecule has 0 fully saturated rings. The minimum atomic E-state index is -1.11. The van der Waals surface area contributed by atoms with Crippen molar-refractivity contribution in [1.29, 1.82) is 0 Å². The molecule has 0 unspecified atom stereocenters. The van der Waals surface area contributed by atoms with Crippen LogP contribution in [-0.2, 0) is 9.59 Å². The molecule has 0 radical (unpaired) electrons. The van der Waals surface area contributed by atoms with E-state index in [0.717, 1.165) is 12.0 Å². The molecule has 1 N–H and O–H groups in total. The van der Waals surface area contributed by atoms with E-state index in [2.05, 4.69) is 24.8 Å². The van der Waals surface area contributed by atoms with Crippen LogP contribution in [0.25, 0.3) is 0 Å². The molecular weight excluding hydrogens is 288 g/mol. The Morgan fingerprint density at radius 3 is 2.39 bits per heavy atom. The molecule has 3 nitrogen and oxygen atoms in total. The van der Waals surface area contributed by atoms with Crippen LogP contribution in [0.2, 0.25) is 0 Å². The summed E-state index contributed by atoms with van der Waals surface area (Å²) in [6, 6.07) is 0. The monoisotopic (exact) mass is 318 g/mol. The van der Waals surface area contributed by atoms with Crippen molar-refractivity contribution in [3.8, 4) is 11.8 Å². The highest BCUT2D eigenvalue weighted by Gasteiger charge is 2.00. The fraction of sp³-hybridized carbons (Fsp3) is 0.600. The Bertz CT molecular complexity index is 461. The Morgan fingerprint density at radius 2 is 1.70 bits per heavy atom. The SMILES string of the molecule is CCCCCCCCC=CCC(=O)C(C)=CCCC#CC(=O)O. The molecule has 0 bridgehead atoms. The number of carbonyl (C=O) groups is 2. The smallest absolute Gasteiger partial charge is 0.381 e. The second kappa shape index (κ2) is 15.1. The Hall–Kier alpha value is -1.82. The van der Waals surface area contributed by atoms with Crippen LogP contribution in [0, 0.1) is 11.8 Å². The van der Waals surface area contributed by atoms with E-state index in [4.69, 9.17) is 5.11 Å². The minimum Gasteiger partial charge on any atom is -0.472 e. The summed E-state index contributed by atoms with van der Waals surface area (Å²) in [5.41, 5.74) is 0.728. The van der Waals surface area contributed by atoms with Crippen LogP contribution in [0.1, 0.15) is 78.1 Å². The second-order valence-electron chi connectivity index (χ2n) is 5.69. The molecule has 3 heteroatoms. The maximum atomic E-state index is 11.9. The third-order valence-electron chi connectivity index (χ3n) is 3.55. The van der Waals surface area contributed by atoms with Gasteiger partial charge in [0.15, 0.2) is 5.78 Å². The second-order valence-corrected chi connectivity index (χ2v) is 5.69. The topological polar surface area (TPSA) is 54.4 Å². The van der Waals surface area contributed by atoms with Gasteiger partial charge in [-0.3, -0.25) is 4.79 Å². The lowest BCUT2D eigenvalue weighted by atomic mass is 10.1. The quantitative estimate of drug-likeness (QED) is 0.237. The predicted octanol–water partition coefficient (Wildman–Crippen LogP) is 5.07. The molecule has 0 aromatic heterocycles. The Labute approximate surface area is 140 Å². The minimum absolute atomic E-state index is 0.121. The van der Waals surface area contributed by atoms with Gasteiger partial charge in [-0.1, -0.05) is 63.2 Å². The van der Waals surface area contributed by atoms with Gasteiger partial charge < -0.3 is 5.11 Å². The number of rotatable bonds is 12. The third-order valence-corrected chi connectivity index (χ3v) is 3.55. The van der Waals surface area contributed by atoms with Gasteiger partial charge >= 0.3 is 5.97 Å². The van der Waals surface area contributed by atoms with E-state index in [1.54, 1.807) is 6.92 Å². The number of ketones is 1. The zero-order valence-electron chi connectivity index (χ0n) is 14.6. The first-order valence-corrected chi connectivity index (χ1v) is 8.64. The molecule has 0 rings (SSSR count). The fourth-order valence-electron chi connectivity index (χ4n) is 2.12. The number of allylic oxidation sites excluding steroid dienone is 4. The van der Waals surface area contributed by atoms with E-state index < -0.39 is 5.97 Å². The average Bonchev–Trinajstić information content (AvgIpc) is 2.52. The summed E-state index contributed by atoms with van der Waals surface area (Å²) in [6.07, 6.45) is 16.2. The van der Waals surface area contributed by atoms with Crippen molar-refractivity contribution in [3.63, 3.8) is 0 Å². The predicted molar refractivity (Wildman–Crippen MR) is 95.2 cm³/mol. The number of aliphatic carboxylic acids is 1. The van der Waals surface area contributed by atoms with Gasteiger partial charge in [0.05, 0.1) is 0 Å². The number of hydrogen-bond donors (Lipinski definition) is 1. The van der Waals surface area contributed by atoms with E-state index >= 15 is 0 Å². The highest BCUT2D eigenvalue weighted by atomic mass is 16.4. The van der Waals surface area contributed by atoms with Gasteiger partial charge in [0, 0.05) is 18.8 Å². The van der Waals surface area contributed by atoms with Crippen LogP contribution in [0.3, 0.4) is 0 Å². The molecule has 0 saturated heterocycles. The van der Waals surface area contributed by atoms with Gasteiger partial charge in [0.1, 0.15) is 0 Å². The lowest BCUT2D eigenvalue weighted by molar-refractivity contribution is -0.130. The summed E-state index contributed by atoms with van der Waals surface area (Å²) in [5, 5.41) is 8.37. The molecule has 0 amide bonds. The summed E-state index contributed by atoms with van der Waals surface area (Å²) >= 11 is 0. The van der Waals surface area contributed by atoms with Crippen LogP contribution in [0.5, 0.6) is 0 Å². The first-order chi connectivity index (χ1) is 11.1. The molecular formula is C20H30O3. The highest BCUT2D eigenvalue weighted by molar-refractivity contribution is 5.95. The molecule has 0 heterocycles. The van der Waals surface area contributed by atoms with Gasteiger partial charge in [0.2, 0.25) is 0 Å². The van der Waals surface area contributed by atoms with Crippen LogP contribution in [-0.4, -0.2) is 16.9 Å². The van der Waals surface area contributed by atoms with Crippen LogP contribution < -0.4 is 0 Å². The maximum Gasteiger partial charge on any atom is 0.381 e. The van der Waals surface area contributed by atoms with Gasteiger partial charge in [-0.15, -0.1) is 0 Å². The summed E-state index contributed by atoms with van der Waals surface area (Å²) in [5.74, 6) is 3.61. The number of Topliss-reactive ketones (excluding diaryl/α,β-unsaturated/α-hetero) is 1. The number of carbonyl (C=O) groups excluding carboxylic acids is 1. The molecule has 0 spiro atoms. The van der Waals surface area contributed by atoms with Gasteiger partial charge in [-0.25, -0.2) is 4.79 Å². The van der Waals surface area contributed by atoms with E-state index in [1.807, 2.05) is 12.2 Å². The third kappa shape index (κ3) is 14.9. The van der Waals surface area contributed by atoms with Crippen molar-refractivity contribution in [3.05, 3.63) is 23.8 Å². The molecule has 0 atom stereocenters. The van der Waals surface area contributed by atoms with Crippen LogP contribution >= 0.6 is 0 Å². The van der Waals surface area contributed by atoms with E-state index in [0.29, 0.717) is 19.3 Å². The summed E-state index contributed by atoms with van der Waals surface area (Å²) in [6.45, 7) is 4.02.